The van der Waals surface area contributed by atoms with E-state index >= 15 is 0 Å². The first-order chi connectivity index (χ1) is 9.66. The zero-order valence-electron chi connectivity index (χ0n) is 11.7. The van der Waals surface area contributed by atoms with Crippen molar-refractivity contribution in [2.45, 2.75) is 19.8 Å². The van der Waals surface area contributed by atoms with Gasteiger partial charge in [0.25, 0.3) is 0 Å². The Morgan fingerprint density at radius 1 is 1.10 bits per heavy atom. The third-order valence-electron chi connectivity index (χ3n) is 3.02. The second kappa shape index (κ2) is 6.71. The first-order valence-electron chi connectivity index (χ1n) is 6.69. The number of carbonyl (C=O) groups is 1. The molecular weight excluding hydrogens is 248 g/mol. The van der Waals surface area contributed by atoms with Crippen LogP contribution in [-0.4, -0.2) is 5.78 Å². The van der Waals surface area contributed by atoms with Crippen LogP contribution >= 0.6 is 0 Å². The average molecular weight is 266 g/mol. The highest BCUT2D eigenvalue weighted by atomic mass is 16.3. The molecule has 0 atom stereocenters. The summed E-state index contributed by atoms with van der Waals surface area (Å²) in [5.41, 5.74) is 1.94. The Kier molecular flexibility index (Phi) is 4.72. The highest BCUT2D eigenvalue weighted by Gasteiger charge is 2.02. The van der Waals surface area contributed by atoms with E-state index < -0.39 is 0 Å². The van der Waals surface area contributed by atoms with E-state index in [0.29, 0.717) is 11.5 Å². The van der Waals surface area contributed by atoms with Crippen LogP contribution in [0.15, 0.2) is 65.3 Å². The second-order valence-corrected chi connectivity index (χ2v) is 4.87. The van der Waals surface area contributed by atoms with Crippen molar-refractivity contribution in [2.24, 2.45) is 0 Å². The van der Waals surface area contributed by atoms with E-state index in [9.17, 15) is 4.79 Å². The standard InChI is InChI=1S/C18H18O2/c1-14(2)15-9-11-16(12-10-15)18(19)8-4-3-6-17-7-5-13-20-17/h3-14H,1-2H3/b6-3+,8-4+. The Morgan fingerprint density at radius 2 is 1.85 bits per heavy atom. The van der Waals surface area contributed by atoms with Crippen LogP contribution in [0.25, 0.3) is 6.08 Å². The predicted molar refractivity (Wildman–Crippen MR) is 81.7 cm³/mol. The zero-order chi connectivity index (χ0) is 14.4. The maximum atomic E-state index is 11.9. The van der Waals surface area contributed by atoms with Crippen LogP contribution in [0.5, 0.6) is 0 Å². The van der Waals surface area contributed by atoms with E-state index in [1.165, 1.54) is 5.56 Å². The van der Waals surface area contributed by atoms with Crippen LogP contribution in [0, 0.1) is 0 Å². The molecule has 0 fully saturated rings. The van der Waals surface area contributed by atoms with Gasteiger partial charge >= 0.3 is 0 Å². The summed E-state index contributed by atoms with van der Waals surface area (Å²) in [7, 11) is 0. The lowest BCUT2D eigenvalue weighted by Crippen LogP contribution is -1.95. The molecule has 0 spiro atoms. The van der Waals surface area contributed by atoms with E-state index in [1.54, 1.807) is 24.5 Å². The topological polar surface area (TPSA) is 30.2 Å². The molecule has 0 amide bonds. The average Bonchev–Trinajstić information content (AvgIpc) is 2.96. The SMILES string of the molecule is CC(C)c1ccc(C(=O)/C=C/C=C/c2ccco2)cc1. The minimum absolute atomic E-state index is 0.00408. The lowest BCUT2D eigenvalue weighted by atomic mass is 10.0. The molecule has 0 radical (unpaired) electrons. The predicted octanol–water partition coefficient (Wildman–Crippen LogP) is 4.86. The van der Waals surface area contributed by atoms with E-state index in [4.69, 9.17) is 4.42 Å². The third kappa shape index (κ3) is 3.82. The van der Waals surface area contributed by atoms with Crippen LogP contribution < -0.4 is 0 Å². The van der Waals surface area contributed by atoms with Crippen LogP contribution in [0.2, 0.25) is 0 Å². The Bertz CT molecular complexity index is 599. The molecular formula is C18H18O2. The molecule has 0 aliphatic carbocycles. The molecule has 0 unspecified atom stereocenters. The molecule has 2 heteroatoms. The van der Waals surface area contributed by atoms with Gasteiger partial charge in [-0.15, -0.1) is 0 Å². The van der Waals surface area contributed by atoms with E-state index in [0.717, 1.165) is 5.76 Å². The number of benzene rings is 1. The fourth-order valence-electron chi connectivity index (χ4n) is 1.81. The normalized spacial score (nSPS) is 11.8. The highest BCUT2D eigenvalue weighted by Crippen LogP contribution is 2.15. The number of allylic oxidation sites excluding steroid dienone is 3. The van der Waals surface area contributed by atoms with Crippen molar-refractivity contribution in [3.63, 3.8) is 0 Å². The largest absolute Gasteiger partial charge is 0.465 e. The molecule has 102 valence electrons. The van der Waals surface area contributed by atoms with Crippen molar-refractivity contribution in [1.82, 2.24) is 0 Å². The van der Waals surface area contributed by atoms with Crippen molar-refractivity contribution in [1.29, 1.82) is 0 Å². The number of furan rings is 1. The maximum absolute atomic E-state index is 11.9. The minimum atomic E-state index is 0.00408. The fourth-order valence-corrected chi connectivity index (χ4v) is 1.81. The van der Waals surface area contributed by atoms with Gasteiger partial charge in [-0.05, 0) is 35.8 Å². The van der Waals surface area contributed by atoms with Gasteiger partial charge < -0.3 is 4.42 Å². The van der Waals surface area contributed by atoms with Gasteiger partial charge in [-0.25, -0.2) is 0 Å². The first kappa shape index (κ1) is 14.1. The maximum Gasteiger partial charge on any atom is 0.185 e. The minimum Gasteiger partial charge on any atom is -0.465 e. The van der Waals surface area contributed by atoms with E-state index in [1.807, 2.05) is 42.5 Å². The summed E-state index contributed by atoms with van der Waals surface area (Å²) in [6.07, 6.45) is 8.50. The quantitative estimate of drug-likeness (QED) is 0.439. The molecule has 0 bridgehead atoms. The van der Waals surface area contributed by atoms with Crippen molar-refractivity contribution >= 4 is 11.9 Å². The second-order valence-electron chi connectivity index (χ2n) is 4.87. The van der Waals surface area contributed by atoms with Crippen LogP contribution in [0.1, 0.15) is 41.4 Å². The van der Waals surface area contributed by atoms with Crippen molar-refractivity contribution in [3.8, 4) is 0 Å². The molecule has 2 rings (SSSR count). The van der Waals surface area contributed by atoms with Crippen molar-refractivity contribution in [3.05, 3.63) is 77.8 Å². The monoisotopic (exact) mass is 266 g/mol. The number of hydrogen-bond donors (Lipinski definition) is 0. The molecule has 1 aromatic heterocycles. The summed E-state index contributed by atoms with van der Waals surface area (Å²) >= 11 is 0. The van der Waals surface area contributed by atoms with Crippen molar-refractivity contribution < 1.29 is 9.21 Å². The third-order valence-corrected chi connectivity index (χ3v) is 3.02. The van der Waals surface area contributed by atoms with Gasteiger partial charge in [0.05, 0.1) is 6.26 Å². The summed E-state index contributed by atoms with van der Waals surface area (Å²) < 4.78 is 5.16. The number of hydrogen-bond acceptors (Lipinski definition) is 2. The van der Waals surface area contributed by atoms with Gasteiger partial charge in [0.2, 0.25) is 0 Å². The van der Waals surface area contributed by atoms with Gasteiger partial charge in [-0.2, -0.15) is 0 Å². The molecule has 20 heavy (non-hydrogen) atoms. The summed E-state index contributed by atoms with van der Waals surface area (Å²) in [4.78, 5) is 11.9. The molecule has 0 aliphatic heterocycles. The van der Waals surface area contributed by atoms with Gasteiger partial charge in [0.15, 0.2) is 5.78 Å². The summed E-state index contributed by atoms with van der Waals surface area (Å²) in [6, 6.07) is 11.4. The lowest BCUT2D eigenvalue weighted by molar-refractivity contribution is 0.104. The molecule has 0 N–H and O–H groups in total. The number of carbonyl (C=O) groups excluding carboxylic acids is 1. The molecule has 0 saturated heterocycles. The Labute approximate surface area is 119 Å². The summed E-state index contributed by atoms with van der Waals surface area (Å²) in [5, 5.41) is 0. The lowest BCUT2D eigenvalue weighted by Gasteiger charge is -2.04. The van der Waals surface area contributed by atoms with Gasteiger partial charge in [-0.3, -0.25) is 4.79 Å². The molecule has 0 saturated carbocycles. The highest BCUT2D eigenvalue weighted by molar-refractivity contribution is 6.04. The molecule has 1 aromatic carbocycles. The van der Waals surface area contributed by atoms with E-state index in [2.05, 4.69) is 13.8 Å². The van der Waals surface area contributed by atoms with Gasteiger partial charge in [0.1, 0.15) is 5.76 Å². The first-order valence-corrected chi connectivity index (χ1v) is 6.69. The zero-order valence-corrected chi connectivity index (χ0v) is 11.7. The Balaban J connectivity index is 1.97. The van der Waals surface area contributed by atoms with Crippen LogP contribution in [-0.2, 0) is 0 Å². The molecule has 0 aliphatic rings. The Morgan fingerprint density at radius 3 is 2.45 bits per heavy atom. The van der Waals surface area contributed by atoms with E-state index in [-0.39, 0.29) is 5.78 Å². The smallest absolute Gasteiger partial charge is 0.185 e. The summed E-state index contributed by atoms with van der Waals surface area (Å²) in [5.74, 6) is 1.25. The molecule has 1 heterocycles. The van der Waals surface area contributed by atoms with Gasteiger partial charge in [-0.1, -0.05) is 50.3 Å². The van der Waals surface area contributed by atoms with Gasteiger partial charge in [0, 0.05) is 5.56 Å². The summed E-state index contributed by atoms with van der Waals surface area (Å²) in [6.45, 7) is 4.27. The van der Waals surface area contributed by atoms with Crippen LogP contribution in [0.3, 0.4) is 0 Å². The Hall–Kier alpha value is -2.35. The van der Waals surface area contributed by atoms with Crippen molar-refractivity contribution in [2.75, 3.05) is 0 Å². The fraction of sp³-hybridized carbons (Fsp3) is 0.167. The van der Waals surface area contributed by atoms with Crippen LogP contribution in [0.4, 0.5) is 0 Å². The molecule has 2 nitrogen and oxygen atoms in total. The molecule has 2 aromatic rings. The number of rotatable bonds is 5. The number of ketones is 1.